The minimum atomic E-state index is -0.615. The average molecular weight is 383 g/mol. The van der Waals surface area contributed by atoms with Crippen molar-refractivity contribution in [2.75, 3.05) is 13.2 Å². The molecule has 0 aliphatic heterocycles. The number of amides is 2. The fraction of sp³-hybridized carbons (Fsp3) is 0.381. The van der Waals surface area contributed by atoms with Crippen LogP contribution in [0.3, 0.4) is 0 Å². The maximum atomic E-state index is 12.9. The van der Waals surface area contributed by atoms with Gasteiger partial charge < -0.3 is 20.4 Å². The molecule has 3 rings (SSSR count). The third-order valence-electron chi connectivity index (χ3n) is 5.20. The van der Waals surface area contributed by atoms with Crippen LogP contribution in [0.1, 0.15) is 35.3 Å². The van der Waals surface area contributed by atoms with Crippen molar-refractivity contribution in [1.29, 1.82) is 0 Å². The molecule has 7 nitrogen and oxygen atoms in total. The van der Waals surface area contributed by atoms with Crippen molar-refractivity contribution in [2.24, 2.45) is 5.92 Å². The molecule has 1 unspecified atom stereocenters. The van der Waals surface area contributed by atoms with Crippen molar-refractivity contribution in [1.82, 2.24) is 15.2 Å². The Morgan fingerprint density at radius 2 is 1.93 bits per heavy atom. The number of aliphatic hydroxyl groups excluding tert-OH is 1. The maximum absolute atomic E-state index is 12.9. The predicted molar refractivity (Wildman–Crippen MR) is 103 cm³/mol. The van der Waals surface area contributed by atoms with Crippen LogP contribution in [0.4, 0.5) is 0 Å². The number of hydrogen-bond acceptors (Lipinski definition) is 5. The monoisotopic (exact) mass is 383 g/mol. The second-order valence-electron chi connectivity index (χ2n) is 7.00. The van der Waals surface area contributed by atoms with Crippen LogP contribution in [-0.2, 0) is 11.3 Å². The number of nitrogens with one attached hydrogen (secondary N) is 1. The van der Waals surface area contributed by atoms with Crippen molar-refractivity contribution in [3.8, 4) is 5.75 Å². The van der Waals surface area contributed by atoms with Crippen LogP contribution in [0, 0.1) is 5.92 Å². The molecule has 1 aliphatic rings. The summed E-state index contributed by atoms with van der Waals surface area (Å²) in [5.74, 6) is -0.863. The highest BCUT2D eigenvalue weighted by Crippen LogP contribution is 2.32. The summed E-state index contributed by atoms with van der Waals surface area (Å²) in [4.78, 5) is 30.7. The summed E-state index contributed by atoms with van der Waals surface area (Å²) in [5.41, 5.74) is 0.838. The van der Waals surface area contributed by atoms with E-state index in [-0.39, 0.29) is 42.5 Å². The van der Waals surface area contributed by atoms with Crippen molar-refractivity contribution in [3.05, 3.63) is 59.9 Å². The van der Waals surface area contributed by atoms with Gasteiger partial charge in [-0.15, -0.1) is 0 Å². The Labute approximate surface area is 164 Å². The van der Waals surface area contributed by atoms with Crippen LogP contribution >= 0.6 is 0 Å². The molecule has 148 valence electrons. The smallest absolute Gasteiger partial charge is 0.274 e. The highest BCUT2D eigenvalue weighted by atomic mass is 16.3. The minimum absolute atomic E-state index is 0.113. The second kappa shape index (κ2) is 9.32. The van der Waals surface area contributed by atoms with Gasteiger partial charge in [0.2, 0.25) is 5.91 Å². The number of hydrogen-bond donors (Lipinski definition) is 3. The largest absolute Gasteiger partial charge is 0.505 e. The number of nitrogens with zero attached hydrogens (tertiary/aromatic N) is 2. The van der Waals surface area contributed by atoms with Crippen LogP contribution in [0.25, 0.3) is 0 Å². The van der Waals surface area contributed by atoms with E-state index in [0.717, 1.165) is 24.8 Å². The molecule has 1 saturated carbocycles. The maximum Gasteiger partial charge on any atom is 0.274 e. The van der Waals surface area contributed by atoms with E-state index in [0.29, 0.717) is 6.54 Å². The Bertz CT molecular complexity index is 808. The van der Waals surface area contributed by atoms with Crippen LogP contribution in [0.5, 0.6) is 5.75 Å². The fourth-order valence-corrected chi connectivity index (χ4v) is 3.41. The molecule has 0 bridgehead atoms. The van der Waals surface area contributed by atoms with Crippen LogP contribution < -0.4 is 5.32 Å². The summed E-state index contributed by atoms with van der Waals surface area (Å²) in [6, 6.07) is 12.2. The van der Waals surface area contributed by atoms with E-state index < -0.39 is 5.91 Å². The van der Waals surface area contributed by atoms with Crippen molar-refractivity contribution in [3.63, 3.8) is 0 Å². The molecule has 0 radical (unpaired) electrons. The van der Waals surface area contributed by atoms with E-state index in [1.807, 2.05) is 30.3 Å². The highest BCUT2D eigenvalue weighted by Gasteiger charge is 2.34. The first kappa shape index (κ1) is 19.8. The minimum Gasteiger partial charge on any atom is -0.505 e. The zero-order valence-electron chi connectivity index (χ0n) is 15.6. The number of aromatic nitrogens is 1. The van der Waals surface area contributed by atoms with Crippen molar-refractivity contribution in [2.45, 2.75) is 31.8 Å². The van der Waals surface area contributed by atoms with Gasteiger partial charge >= 0.3 is 0 Å². The normalized spacial score (nSPS) is 14.8. The number of benzene rings is 1. The van der Waals surface area contributed by atoms with Gasteiger partial charge in [-0.3, -0.25) is 9.59 Å². The molecule has 1 aromatic heterocycles. The number of carbonyl (C=O) groups excluding carboxylic acids is 2. The number of rotatable bonds is 8. The Hall–Kier alpha value is -2.93. The van der Waals surface area contributed by atoms with E-state index in [1.165, 1.54) is 18.3 Å². The molecule has 1 atom stereocenters. The topological polar surface area (TPSA) is 103 Å². The number of aromatic hydroxyl groups is 1. The van der Waals surface area contributed by atoms with E-state index in [1.54, 1.807) is 4.90 Å². The summed E-state index contributed by atoms with van der Waals surface area (Å²) in [5, 5.41) is 22.2. The van der Waals surface area contributed by atoms with E-state index in [9.17, 15) is 19.8 Å². The predicted octanol–water partition coefficient (Wildman–Crippen LogP) is 1.71. The highest BCUT2D eigenvalue weighted by molar-refractivity contribution is 5.96. The molecule has 0 saturated heterocycles. The van der Waals surface area contributed by atoms with Gasteiger partial charge in [0.05, 0.1) is 19.2 Å². The lowest BCUT2D eigenvalue weighted by atomic mass is 9.79. The summed E-state index contributed by atoms with van der Waals surface area (Å²) < 4.78 is 0. The lowest BCUT2D eigenvalue weighted by Gasteiger charge is -2.40. The summed E-state index contributed by atoms with van der Waals surface area (Å²) in [6.07, 6.45) is 4.47. The standard InChI is InChI=1S/C21H25N3O4/c25-14-17(16-8-4-9-16)24(13-15-6-2-1-3-7-15)19(27)12-23-21(28)20-18(26)10-5-11-22-20/h1-3,5-7,10-11,16-17,25-26H,4,8-9,12-14H2,(H,23,28). The fourth-order valence-electron chi connectivity index (χ4n) is 3.41. The third kappa shape index (κ3) is 4.67. The lowest BCUT2D eigenvalue weighted by molar-refractivity contribution is -0.136. The molecule has 7 heteroatoms. The van der Waals surface area contributed by atoms with E-state index in [4.69, 9.17) is 0 Å². The van der Waals surface area contributed by atoms with Gasteiger partial charge in [0, 0.05) is 12.7 Å². The van der Waals surface area contributed by atoms with Gasteiger partial charge in [0.1, 0.15) is 5.75 Å². The first-order valence-corrected chi connectivity index (χ1v) is 9.46. The van der Waals surface area contributed by atoms with Gasteiger partial charge in [-0.25, -0.2) is 4.98 Å². The van der Waals surface area contributed by atoms with Crippen molar-refractivity contribution >= 4 is 11.8 Å². The molecule has 3 N–H and O–H groups in total. The molecule has 1 fully saturated rings. The Kier molecular flexibility index (Phi) is 6.60. The summed E-state index contributed by atoms with van der Waals surface area (Å²) >= 11 is 0. The number of aliphatic hydroxyl groups is 1. The van der Waals surface area contributed by atoms with Crippen LogP contribution in [0.2, 0.25) is 0 Å². The molecular weight excluding hydrogens is 358 g/mol. The van der Waals surface area contributed by atoms with Gasteiger partial charge in [0.15, 0.2) is 5.69 Å². The Morgan fingerprint density at radius 1 is 1.18 bits per heavy atom. The molecule has 1 aliphatic carbocycles. The molecule has 1 heterocycles. The molecule has 2 aromatic rings. The molecule has 28 heavy (non-hydrogen) atoms. The van der Waals surface area contributed by atoms with E-state index in [2.05, 4.69) is 10.3 Å². The SMILES string of the molecule is O=C(NCC(=O)N(Cc1ccccc1)C(CO)C1CCC1)c1ncccc1O. The Morgan fingerprint density at radius 3 is 2.54 bits per heavy atom. The molecule has 1 aromatic carbocycles. The summed E-state index contributed by atoms with van der Waals surface area (Å²) in [6.45, 7) is 0.0230. The molecule has 0 spiro atoms. The van der Waals surface area contributed by atoms with Gasteiger partial charge in [-0.2, -0.15) is 0 Å². The zero-order valence-corrected chi connectivity index (χ0v) is 15.6. The first-order valence-electron chi connectivity index (χ1n) is 9.46. The Balaban J connectivity index is 1.70. The van der Waals surface area contributed by atoms with Crippen LogP contribution in [0.15, 0.2) is 48.7 Å². The second-order valence-corrected chi connectivity index (χ2v) is 7.00. The van der Waals surface area contributed by atoms with E-state index >= 15 is 0 Å². The first-order chi connectivity index (χ1) is 13.6. The molecular formula is C21H25N3O4. The zero-order chi connectivity index (χ0) is 19.9. The average Bonchev–Trinajstić information content (AvgIpc) is 2.68. The van der Waals surface area contributed by atoms with Gasteiger partial charge in [-0.05, 0) is 36.5 Å². The van der Waals surface area contributed by atoms with Gasteiger partial charge in [-0.1, -0.05) is 36.8 Å². The molecule has 2 amide bonds. The quantitative estimate of drug-likeness (QED) is 0.644. The summed E-state index contributed by atoms with van der Waals surface area (Å²) in [7, 11) is 0. The van der Waals surface area contributed by atoms with Crippen LogP contribution in [-0.4, -0.2) is 51.1 Å². The van der Waals surface area contributed by atoms with Gasteiger partial charge in [0.25, 0.3) is 5.91 Å². The number of carbonyl (C=O) groups is 2. The lowest BCUT2D eigenvalue weighted by Crippen LogP contribution is -2.51. The third-order valence-corrected chi connectivity index (χ3v) is 5.20. The van der Waals surface area contributed by atoms with Crippen molar-refractivity contribution < 1.29 is 19.8 Å². The number of pyridine rings is 1.